The van der Waals surface area contributed by atoms with E-state index in [1.807, 2.05) is 0 Å². The normalized spacial score (nSPS) is 43.7. The van der Waals surface area contributed by atoms with Gasteiger partial charge < -0.3 is 39.0 Å². The molecule has 2 aliphatic carbocycles. The first-order valence-electron chi connectivity index (χ1n) is 15.4. The van der Waals surface area contributed by atoms with Crippen molar-refractivity contribution in [3.05, 3.63) is 23.8 Å². The van der Waals surface area contributed by atoms with Gasteiger partial charge in [0.05, 0.1) is 5.60 Å². The minimum Gasteiger partial charge on any atom is -0.459 e. The Hall–Kier alpha value is -2.80. The molecule has 4 rings (SSSR count). The van der Waals surface area contributed by atoms with Crippen LogP contribution in [0.3, 0.4) is 0 Å². The third-order valence-electron chi connectivity index (χ3n) is 9.83. The summed E-state index contributed by atoms with van der Waals surface area (Å²) in [6, 6.07) is 0. The van der Waals surface area contributed by atoms with Crippen molar-refractivity contribution in [2.75, 3.05) is 0 Å². The molecule has 0 aromatic rings. The second-order valence-electron chi connectivity index (χ2n) is 13.2. The van der Waals surface area contributed by atoms with Gasteiger partial charge in [0.25, 0.3) is 0 Å². The van der Waals surface area contributed by atoms with Crippen LogP contribution in [-0.4, -0.2) is 92.6 Å². The van der Waals surface area contributed by atoms with Gasteiger partial charge in [0.2, 0.25) is 0 Å². The van der Waals surface area contributed by atoms with E-state index in [1.165, 1.54) is 32.1 Å². The Labute approximate surface area is 257 Å². The second kappa shape index (κ2) is 12.2. The van der Waals surface area contributed by atoms with E-state index in [-0.39, 0.29) is 12.0 Å². The predicted molar refractivity (Wildman–Crippen MR) is 154 cm³/mol. The van der Waals surface area contributed by atoms with Gasteiger partial charge in [0, 0.05) is 31.6 Å². The van der Waals surface area contributed by atoms with Gasteiger partial charge >= 0.3 is 23.9 Å². The SMILES string of the molecule is CCCCCCCC(=O)O[C@H]1[C@@H](O)/C(C)=C\[C@@H]2OC(=O)[C@]3(C)O[C@]23C(OC(C)=O)[C@H]2[C@](C)(O)[C@H](O)C=C[C@]2(C)[C@H]1OC(C)=O. The first-order valence-corrected chi connectivity index (χ1v) is 15.4. The van der Waals surface area contributed by atoms with Crippen LogP contribution < -0.4 is 0 Å². The topological polar surface area (TPSA) is 178 Å². The lowest BCUT2D eigenvalue weighted by atomic mass is 9.55. The molecule has 1 spiro atoms. The molecular formula is C32H46O12. The van der Waals surface area contributed by atoms with E-state index in [4.69, 9.17) is 23.7 Å². The summed E-state index contributed by atoms with van der Waals surface area (Å²) in [5.74, 6) is -4.26. The molecule has 12 heteroatoms. The van der Waals surface area contributed by atoms with E-state index >= 15 is 0 Å². The zero-order chi connectivity index (χ0) is 32.8. The molecule has 0 aromatic carbocycles. The van der Waals surface area contributed by atoms with Crippen molar-refractivity contribution in [1.82, 2.24) is 0 Å². The lowest BCUT2D eigenvalue weighted by Crippen LogP contribution is -2.68. The van der Waals surface area contributed by atoms with Gasteiger partial charge in [-0.3, -0.25) is 14.4 Å². The molecule has 3 N–H and O–H groups in total. The van der Waals surface area contributed by atoms with E-state index < -0.39 is 88.6 Å². The molecule has 246 valence electrons. The fraction of sp³-hybridized carbons (Fsp3) is 0.750. The Morgan fingerprint density at radius 3 is 2.16 bits per heavy atom. The van der Waals surface area contributed by atoms with Gasteiger partial charge in [-0.15, -0.1) is 0 Å². The van der Waals surface area contributed by atoms with Crippen molar-refractivity contribution in [2.24, 2.45) is 11.3 Å². The summed E-state index contributed by atoms with van der Waals surface area (Å²) < 4.78 is 29.4. The van der Waals surface area contributed by atoms with Crippen LogP contribution in [-0.2, 0) is 42.9 Å². The largest absolute Gasteiger partial charge is 0.459 e. The van der Waals surface area contributed by atoms with Crippen LogP contribution in [0.15, 0.2) is 23.8 Å². The molecule has 2 aliphatic heterocycles. The molecule has 4 aliphatic rings. The summed E-state index contributed by atoms with van der Waals surface area (Å²) in [6.07, 6.45) is 0.0187. The predicted octanol–water partition coefficient (Wildman–Crippen LogP) is 2.20. The summed E-state index contributed by atoms with van der Waals surface area (Å²) in [5.41, 5.74) is -6.72. The highest BCUT2D eigenvalue weighted by Crippen LogP contribution is 2.65. The van der Waals surface area contributed by atoms with Gasteiger partial charge in [-0.1, -0.05) is 51.7 Å². The number of aliphatic hydroxyl groups is 3. The molecule has 2 heterocycles. The number of carbonyl (C=O) groups excluding carboxylic acids is 4. The average molecular weight is 623 g/mol. The minimum atomic E-state index is -2.09. The molecule has 44 heavy (non-hydrogen) atoms. The molecule has 0 amide bonds. The van der Waals surface area contributed by atoms with E-state index in [2.05, 4.69) is 6.92 Å². The summed E-state index contributed by atoms with van der Waals surface area (Å²) in [6.45, 7) is 10.3. The first-order chi connectivity index (χ1) is 20.5. The van der Waals surface area contributed by atoms with Gasteiger partial charge in [-0.05, 0) is 38.8 Å². The molecule has 11 atom stereocenters. The van der Waals surface area contributed by atoms with Crippen LogP contribution in [0.1, 0.15) is 87.0 Å². The number of hydrogen-bond acceptors (Lipinski definition) is 12. The quantitative estimate of drug-likeness (QED) is 0.112. The summed E-state index contributed by atoms with van der Waals surface area (Å²) in [4.78, 5) is 51.6. The van der Waals surface area contributed by atoms with Crippen LogP contribution in [0.25, 0.3) is 0 Å². The molecule has 0 bridgehead atoms. The standard InChI is InChI=1S/C32H46O12/c1-8-9-10-11-12-13-22(36)43-24-23(37)17(2)16-21-32(31(7,44-32)28(38)42-21)27(41-19(4)34)25-29(5,26(24)40-18(3)33)15-14-20(35)30(25,6)39/h14-16,20-21,23-27,35,37,39H,8-13H2,1-7H3/b17-16-/t20-,21+,23+,24+,25-,26+,27?,29+,30-,31+,32+/m1/s1. The van der Waals surface area contributed by atoms with Crippen molar-refractivity contribution >= 4 is 23.9 Å². The summed E-state index contributed by atoms with van der Waals surface area (Å²) >= 11 is 0. The lowest BCUT2D eigenvalue weighted by molar-refractivity contribution is -0.229. The Bertz CT molecular complexity index is 1220. The monoisotopic (exact) mass is 622 g/mol. The molecule has 2 fully saturated rings. The number of esters is 4. The molecule has 1 unspecified atom stereocenters. The van der Waals surface area contributed by atoms with Crippen molar-refractivity contribution in [3.63, 3.8) is 0 Å². The average Bonchev–Trinajstić information content (AvgIpc) is 3.52. The number of carbonyl (C=O) groups is 4. The van der Waals surface area contributed by atoms with Crippen LogP contribution in [0.2, 0.25) is 0 Å². The van der Waals surface area contributed by atoms with E-state index in [0.29, 0.717) is 6.42 Å². The Morgan fingerprint density at radius 2 is 1.57 bits per heavy atom. The maximum atomic E-state index is 13.2. The Kier molecular flexibility index (Phi) is 9.44. The third-order valence-corrected chi connectivity index (χ3v) is 9.83. The van der Waals surface area contributed by atoms with Gasteiger partial charge in [-0.25, -0.2) is 4.79 Å². The van der Waals surface area contributed by atoms with Gasteiger partial charge in [0.1, 0.15) is 18.3 Å². The number of ether oxygens (including phenoxy) is 5. The fourth-order valence-electron chi connectivity index (χ4n) is 7.40. The molecule has 12 nitrogen and oxygen atoms in total. The number of epoxide rings is 1. The van der Waals surface area contributed by atoms with Crippen molar-refractivity contribution < 1.29 is 58.2 Å². The highest BCUT2D eigenvalue weighted by molar-refractivity contribution is 5.89. The van der Waals surface area contributed by atoms with Gasteiger partial charge in [0.15, 0.2) is 29.5 Å². The number of hydrogen-bond donors (Lipinski definition) is 3. The minimum absolute atomic E-state index is 0.0561. The summed E-state index contributed by atoms with van der Waals surface area (Å²) in [7, 11) is 0. The maximum Gasteiger partial charge on any atom is 0.342 e. The zero-order valence-electron chi connectivity index (χ0n) is 26.5. The Balaban J connectivity index is 1.91. The van der Waals surface area contributed by atoms with Crippen molar-refractivity contribution in [2.45, 2.75) is 140 Å². The highest BCUT2D eigenvalue weighted by Gasteiger charge is 2.88. The fourth-order valence-corrected chi connectivity index (χ4v) is 7.40. The first kappa shape index (κ1) is 34.1. The Morgan fingerprint density at radius 1 is 0.955 bits per heavy atom. The zero-order valence-corrected chi connectivity index (χ0v) is 26.5. The van der Waals surface area contributed by atoms with Crippen molar-refractivity contribution in [3.8, 4) is 0 Å². The summed E-state index contributed by atoms with van der Waals surface area (Å²) in [5, 5.41) is 34.8. The molecule has 0 saturated carbocycles. The number of rotatable bonds is 9. The van der Waals surface area contributed by atoms with Gasteiger partial charge in [-0.2, -0.15) is 0 Å². The van der Waals surface area contributed by atoms with E-state index in [1.54, 1.807) is 13.8 Å². The van der Waals surface area contributed by atoms with Crippen LogP contribution >= 0.6 is 0 Å². The highest BCUT2D eigenvalue weighted by atomic mass is 16.7. The van der Waals surface area contributed by atoms with Crippen molar-refractivity contribution in [1.29, 1.82) is 0 Å². The van der Waals surface area contributed by atoms with Crippen LogP contribution in [0, 0.1) is 11.3 Å². The smallest absolute Gasteiger partial charge is 0.342 e. The maximum absolute atomic E-state index is 13.2. The molecule has 0 aromatic heterocycles. The molecule has 2 saturated heterocycles. The van der Waals surface area contributed by atoms with E-state index in [9.17, 15) is 34.5 Å². The number of unbranched alkanes of at least 4 members (excludes halogenated alkanes) is 4. The molecular weight excluding hydrogens is 576 g/mol. The van der Waals surface area contributed by atoms with Crippen LogP contribution in [0.5, 0.6) is 0 Å². The lowest BCUT2D eigenvalue weighted by Gasteiger charge is -2.55. The number of fused-ring (bicyclic) bond motifs is 1. The van der Waals surface area contributed by atoms with E-state index in [0.717, 1.165) is 39.5 Å². The molecule has 0 radical (unpaired) electrons. The number of aliphatic hydroxyl groups excluding tert-OH is 2. The second-order valence-corrected chi connectivity index (χ2v) is 13.2. The third kappa shape index (κ3) is 5.59. The van der Waals surface area contributed by atoms with Crippen LogP contribution in [0.4, 0.5) is 0 Å².